The summed E-state index contributed by atoms with van der Waals surface area (Å²) in [6.45, 7) is -0.153. The largest absolute Gasteiger partial charge is 0.497 e. The number of aromatic nitrogens is 1. The standard InChI is InChI=1S/C34H32N4O6S/c1-44-27-15-9-23(10-16-27)20-29(36-33(40)26-13-11-25(12-14-26)24-6-3-2-4-7-24)34(41)37-19-17-30-32(37)31(39)22-38(30)45(42,43)28-8-5-18-35-21-28/h2-16,18,21,29-30,32H,17,19-20,22H2,1H3,(H,36,40). The van der Waals surface area contributed by atoms with Gasteiger partial charge < -0.3 is 15.0 Å². The maximum absolute atomic E-state index is 14.1. The summed E-state index contributed by atoms with van der Waals surface area (Å²) in [5, 5.41) is 2.90. The highest BCUT2D eigenvalue weighted by Crippen LogP contribution is 2.34. The molecule has 0 saturated carbocycles. The van der Waals surface area contributed by atoms with Crippen LogP contribution in [0.25, 0.3) is 11.1 Å². The van der Waals surface area contributed by atoms with Crippen LogP contribution in [0.4, 0.5) is 0 Å². The molecule has 3 aromatic carbocycles. The maximum atomic E-state index is 14.1. The number of benzene rings is 3. The zero-order valence-electron chi connectivity index (χ0n) is 24.6. The fourth-order valence-electron chi connectivity index (χ4n) is 6.06. The van der Waals surface area contributed by atoms with E-state index in [1.807, 2.05) is 54.6 Å². The number of hydrogen-bond donors (Lipinski definition) is 1. The second kappa shape index (κ2) is 12.6. The minimum absolute atomic E-state index is 0.00819. The predicted molar refractivity (Wildman–Crippen MR) is 167 cm³/mol. The van der Waals surface area contributed by atoms with Crippen LogP contribution < -0.4 is 10.1 Å². The molecule has 1 aromatic heterocycles. The van der Waals surface area contributed by atoms with E-state index < -0.39 is 40.0 Å². The summed E-state index contributed by atoms with van der Waals surface area (Å²) in [4.78, 5) is 46.3. The summed E-state index contributed by atoms with van der Waals surface area (Å²) in [7, 11) is -2.44. The molecule has 1 N–H and O–H groups in total. The topological polar surface area (TPSA) is 126 Å². The minimum atomic E-state index is -4.00. The highest BCUT2D eigenvalue weighted by molar-refractivity contribution is 7.89. The number of ether oxygens (including phenoxy) is 1. The van der Waals surface area contributed by atoms with Gasteiger partial charge in [0.1, 0.15) is 22.7 Å². The molecular formula is C34H32N4O6S. The Morgan fingerprint density at radius 2 is 1.67 bits per heavy atom. The molecule has 45 heavy (non-hydrogen) atoms. The Kier molecular flexibility index (Phi) is 8.46. The summed E-state index contributed by atoms with van der Waals surface area (Å²) >= 11 is 0. The third-order valence-electron chi connectivity index (χ3n) is 8.36. The summed E-state index contributed by atoms with van der Waals surface area (Å²) in [6.07, 6.45) is 3.18. The van der Waals surface area contributed by atoms with Crippen molar-refractivity contribution in [2.24, 2.45) is 0 Å². The van der Waals surface area contributed by atoms with Gasteiger partial charge in [-0.15, -0.1) is 0 Å². The minimum Gasteiger partial charge on any atom is -0.497 e. The van der Waals surface area contributed by atoms with Gasteiger partial charge >= 0.3 is 0 Å². The number of hydrogen-bond acceptors (Lipinski definition) is 7. The molecule has 2 amide bonds. The number of ketones is 1. The molecule has 2 aliphatic heterocycles. The zero-order chi connectivity index (χ0) is 31.6. The number of nitrogens with zero attached hydrogens (tertiary/aromatic N) is 3. The van der Waals surface area contributed by atoms with E-state index >= 15 is 0 Å². The van der Waals surface area contributed by atoms with Crippen molar-refractivity contribution in [2.75, 3.05) is 20.2 Å². The van der Waals surface area contributed by atoms with Crippen molar-refractivity contribution >= 4 is 27.6 Å². The lowest BCUT2D eigenvalue weighted by Crippen LogP contribution is -2.53. The van der Waals surface area contributed by atoms with E-state index in [-0.39, 0.29) is 30.2 Å². The lowest BCUT2D eigenvalue weighted by atomic mass is 10.0. The first-order valence-electron chi connectivity index (χ1n) is 14.6. The average Bonchev–Trinajstić information content (AvgIpc) is 3.66. The fraction of sp³-hybridized carbons (Fsp3) is 0.235. The number of likely N-dealkylation sites (tertiary alicyclic amines) is 1. The van der Waals surface area contributed by atoms with E-state index in [1.165, 1.54) is 33.7 Å². The summed E-state index contributed by atoms with van der Waals surface area (Å²) in [5.74, 6) is -0.584. The first kappa shape index (κ1) is 30.2. The molecule has 2 aliphatic rings. The number of Topliss-reactive ketones (excluding diaryl/α,β-unsaturated/α-hetero) is 1. The van der Waals surface area contributed by atoms with E-state index in [9.17, 15) is 22.8 Å². The third-order valence-corrected chi connectivity index (χ3v) is 10.2. The smallest absolute Gasteiger partial charge is 0.251 e. The van der Waals surface area contributed by atoms with Crippen molar-refractivity contribution in [1.29, 1.82) is 0 Å². The van der Waals surface area contributed by atoms with Crippen LogP contribution in [0.1, 0.15) is 22.3 Å². The first-order chi connectivity index (χ1) is 21.8. The van der Waals surface area contributed by atoms with Gasteiger partial charge in [-0.25, -0.2) is 8.42 Å². The monoisotopic (exact) mass is 624 g/mol. The van der Waals surface area contributed by atoms with Gasteiger partial charge in [0.2, 0.25) is 15.9 Å². The Hall–Kier alpha value is -4.87. The molecule has 0 bridgehead atoms. The van der Waals surface area contributed by atoms with Crippen LogP contribution in [0.5, 0.6) is 5.75 Å². The molecular weight excluding hydrogens is 592 g/mol. The molecule has 3 atom stereocenters. The quantitative estimate of drug-likeness (QED) is 0.303. The number of carbonyl (C=O) groups is 3. The molecule has 2 fully saturated rings. The highest BCUT2D eigenvalue weighted by Gasteiger charge is 2.54. The van der Waals surface area contributed by atoms with Crippen molar-refractivity contribution in [1.82, 2.24) is 19.5 Å². The molecule has 3 unspecified atom stereocenters. The molecule has 230 valence electrons. The van der Waals surface area contributed by atoms with E-state index in [0.29, 0.717) is 17.7 Å². The van der Waals surface area contributed by atoms with E-state index in [4.69, 9.17) is 4.74 Å². The Balaban J connectivity index is 1.24. The number of carbonyl (C=O) groups excluding carboxylic acids is 3. The summed E-state index contributed by atoms with van der Waals surface area (Å²) in [6, 6.07) is 24.4. The Morgan fingerprint density at radius 3 is 2.33 bits per heavy atom. The molecule has 2 saturated heterocycles. The number of sulfonamides is 1. The van der Waals surface area contributed by atoms with Crippen LogP contribution in [0.15, 0.2) is 108 Å². The number of rotatable bonds is 9. The van der Waals surface area contributed by atoms with Gasteiger partial charge in [0, 0.05) is 30.9 Å². The second-order valence-corrected chi connectivity index (χ2v) is 12.9. The first-order valence-corrected chi connectivity index (χ1v) is 16.0. The fourth-order valence-corrected chi connectivity index (χ4v) is 7.65. The van der Waals surface area contributed by atoms with Crippen LogP contribution in [-0.2, 0) is 26.0 Å². The number of nitrogens with one attached hydrogen (secondary N) is 1. The van der Waals surface area contributed by atoms with E-state index in [0.717, 1.165) is 16.7 Å². The Bertz CT molecular complexity index is 1800. The number of pyridine rings is 1. The van der Waals surface area contributed by atoms with Crippen LogP contribution >= 0.6 is 0 Å². The predicted octanol–water partition coefficient (Wildman–Crippen LogP) is 3.34. The Morgan fingerprint density at radius 1 is 0.956 bits per heavy atom. The molecule has 3 heterocycles. The van der Waals surface area contributed by atoms with Gasteiger partial charge in [0.05, 0.1) is 19.7 Å². The molecule has 0 spiro atoms. The molecule has 4 aromatic rings. The Labute approximate surface area is 261 Å². The summed E-state index contributed by atoms with van der Waals surface area (Å²) < 4.78 is 33.2. The van der Waals surface area contributed by atoms with Gasteiger partial charge in [-0.3, -0.25) is 19.4 Å². The maximum Gasteiger partial charge on any atom is 0.251 e. The number of methoxy groups -OCH3 is 1. The van der Waals surface area contributed by atoms with Gasteiger partial charge in [-0.2, -0.15) is 4.31 Å². The van der Waals surface area contributed by atoms with Crippen molar-refractivity contribution < 1.29 is 27.5 Å². The van der Waals surface area contributed by atoms with Crippen molar-refractivity contribution in [3.8, 4) is 16.9 Å². The van der Waals surface area contributed by atoms with Gasteiger partial charge in [0.15, 0.2) is 5.78 Å². The zero-order valence-corrected chi connectivity index (χ0v) is 25.4. The van der Waals surface area contributed by atoms with Crippen LogP contribution in [0.3, 0.4) is 0 Å². The van der Waals surface area contributed by atoms with Crippen molar-refractivity contribution in [3.63, 3.8) is 0 Å². The van der Waals surface area contributed by atoms with Crippen LogP contribution in [0, 0.1) is 0 Å². The van der Waals surface area contributed by atoms with Gasteiger partial charge in [-0.05, 0) is 59.5 Å². The molecule has 11 heteroatoms. The van der Waals surface area contributed by atoms with Crippen molar-refractivity contribution in [2.45, 2.75) is 35.9 Å². The SMILES string of the molecule is COc1ccc(CC(NC(=O)c2ccc(-c3ccccc3)cc2)C(=O)N2CCC3C2C(=O)CN3S(=O)(=O)c2cccnc2)cc1. The average molecular weight is 625 g/mol. The second-order valence-electron chi connectivity index (χ2n) is 11.1. The molecule has 0 aliphatic carbocycles. The van der Waals surface area contributed by atoms with Gasteiger partial charge in [0.25, 0.3) is 5.91 Å². The number of amides is 2. The molecule has 6 rings (SSSR count). The third kappa shape index (κ3) is 6.09. The number of fused-ring (bicyclic) bond motifs is 1. The molecule has 10 nitrogen and oxygen atoms in total. The van der Waals surface area contributed by atoms with Crippen LogP contribution in [-0.4, -0.2) is 78.5 Å². The van der Waals surface area contributed by atoms with Crippen LogP contribution in [0.2, 0.25) is 0 Å². The molecule has 0 radical (unpaired) electrons. The normalized spacial score (nSPS) is 18.8. The lowest BCUT2D eigenvalue weighted by molar-refractivity contribution is -0.138. The lowest BCUT2D eigenvalue weighted by Gasteiger charge is -2.28. The van der Waals surface area contributed by atoms with E-state index in [2.05, 4.69) is 10.3 Å². The van der Waals surface area contributed by atoms with Gasteiger partial charge in [-0.1, -0.05) is 54.6 Å². The van der Waals surface area contributed by atoms with E-state index in [1.54, 1.807) is 31.4 Å². The summed E-state index contributed by atoms with van der Waals surface area (Å²) in [5.41, 5.74) is 3.13. The van der Waals surface area contributed by atoms with Crippen molar-refractivity contribution in [3.05, 3.63) is 115 Å². The highest BCUT2D eigenvalue weighted by atomic mass is 32.2.